The van der Waals surface area contributed by atoms with E-state index in [2.05, 4.69) is 40.4 Å². The lowest BCUT2D eigenvalue weighted by Gasteiger charge is -2.07. The lowest BCUT2D eigenvalue weighted by Crippen LogP contribution is -2.17. The van der Waals surface area contributed by atoms with Gasteiger partial charge in [-0.1, -0.05) is 71.7 Å². The Balaban J connectivity index is 0.000000189. The van der Waals surface area contributed by atoms with Crippen molar-refractivity contribution in [3.63, 3.8) is 0 Å². The van der Waals surface area contributed by atoms with Gasteiger partial charge in [0.05, 0.1) is 70.4 Å². The fraction of sp³-hybridized carbons (Fsp3) is 0.130. The molecule has 0 amide bonds. The van der Waals surface area contributed by atoms with Crippen LogP contribution in [-0.4, -0.2) is 101 Å². The molecule has 0 atom stereocenters. The van der Waals surface area contributed by atoms with Crippen LogP contribution in [0.15, 0.2) is 147 Å². The molecule has 363 valence electrons. The van der Waals surface area contributed by atoms with Crippen molar-refractivity contribution in [1.82, 2.24) is 19.6 Å². The Kier molecular flexibility index (Phi) is 18.6. The van der Waals surface area contributed by atoms with Crippen molar-refractivity contribution < 1.29 is 55.4 Å². The molecule has 24 heteroatoms. The predicted octanol–water partition coefficient (Wildman–Crippen LogP) is 9.27. The molecule has 8 aromatic rings. The number of rotatable bonds is 15. The van der Waals surface area contributed by atoms with E-state index >= 15 is 0 Å². The quantitative estimate of drug-likeness (QED) is 0.0440. The SMILES string of the molecule is COC(=O)COc1cc(-c2ccc(-c3cccc(S(C)(=O)=O)c3)s2)n(-c2ccccc2Cl)n1.COC(=O)COc1cc(-c2ccc(Br)s2)n(-c2ccccc2Cl)n1.CS(=O)(=O)c1cccc([B]OO)c1. The topological polar surface area (TPSA) is 204 Å². The van der Waals surface area contributed by atoms with Crippen molar-refractivity contribution in [1.29, 1.82) is 0 Å². The Bertz CT molecular complexity index is 3340. The molecule has 0 aliphatic rings. The van der Waals surface area contributed by atoms with Crippen LogP contribution in [0, 0.1) is 0 Å². The molecular weight excluding hydrogens is 1090 g/mol. The third kappa shape index (κ3) is 14.4. The molecular formula is C46H39BBrCl2N4O12S4. The van der Waals surface area contributed by atoms with Crippen LogP contribution in [0.5, 0.6) is 11.8 Å². The van der Waals surface area contributed by atoms with Gasteiger partial charge in [-0.05, 0) is 99.8 Å². The Morgan fingerprint density at radius 2 is 1.10 bits per heavy atom. The van der Waals surface area contributed by atoms with E-state index in [-0.39, 0.29) is 28.9 Å². The lowest BCUT2D eigenvalue weighted by molar-refractivity contribution is -0.143. The zero-order valence-electron chi connectivity index (χ0n) is 37.2. The largest absolute Gasteiger partial charge is 0.466 e. The number of aromatic nitrogens is 4. The van der Waals surface area contributed by atoms with Gasteiger partial charge in [0.15, 0.2) is 32.9 Å². The van der Waals surface area contributed by atoms with Gasteiger partial charge in [-0.2, -0.15) is 0 Å². The van der Waals surface area contributed by atoms with Crippen LogP contribution in [-0.2, 0) is 43.5 Å². The highest BCUT2D eigenvalue weighted by atomic mass is 79.9. The monoisotopic (exact) mass is 1130 g/mol. The number of methoxy groups -OCH3 is 2. The first-order valence-corrected chi connectivity index (χ1v) is 27.0. The standard InChI is InChI=1S/C23H19ClN2O5S2.C16H12BrClN2O3S.C7H8BO4S/c1-30-23(27)14-31-22-13-19(26(25-22)18-9-4-3-8-17(18)24)21-11-10-20(32-21)15-6-5-7-16(12-15)33(2,28)29;1-22-16(21)9-23-15-8-12(13-6-7-14(17)24-13)20(19-15)11-5-3-2-4-10(11)18;1-13(10,11)7-4-2-3-6(5-7)8-12-9/h3-13H,14H2,1-2H3;2-8H,9H2,1H3;2-5,9H,1H3. The summed E-state index contributed by atoms with van der Waals surface area (Å²) in [6, 6.07) is 38.8. The number of ether oxygens (including phenoxy) is 4. The number of benzene rings is 4. The van der Waals surface area contributed by atoms with Gasteiger partial charge in [0.25, 0.3) is 0 Å². The van der Waals surface area contributed by atoms with Crippen molar-refractivity contribution in [3.8, 4) is 54.7 Å². The molecule has 0 unspecified atom stereocenters. The number of hydrogen-bond acceptors (Lipinski definition) is 16. The maximum Gasteiger partial charge on any atom is 0.381 e. The molecule has 8 rings (SSSR count). The van der Waals surface area contributed by atoms with Crippen molar-refractivity contribution in [2.75, 3.05) is 39.9 Å². The van der Waals surface area contributed by atoms with Gasteiger partial charge >= 0.3 is 19.4 Å². The van der Waals surface area contributed by atoms with Crippen LogP contribution in [0.25, 0.3) is 43.0 Å². The molecule has 4 aromatic carbocycles. The second-order valence-corrected chi connectivity index (χ2v) is 22.7. The van der Waals surface area contributed by atoms with Crippen LogP contribution in [0.2, 0.25) is 10.0 Å². The van der Waals surface area contributed by atoms with Crippen LogP contribution in [0.3, 0.4) is 0 Å². The lowest BCUT2D eigenvalue weighted by atomic mass is 9.89. The molecule has 4 aromatic heterocycles. The molecule has 0 fully saturated rings. The number of halogens is 3. The van der Waals surface area contributed by atoms with E-state index in [1.165, 1.54) is 43.9 Å². The van der Waals surface area contributed by atoms with Gasteiger partial charge < -0.3 is 23.8 Å². The highest BCUT2D eigenvalue weighted by molar-refractivity contribution is 9.11. The van der Waals surface area contributed by atoms with Crippen molar-refractivity contribution in [3.05, 3.63) is 147 Å². The van der Waals surface area contributed by atoms with E-state index in [0.717, 1.165) is 49.1 Å². The first-order valence-electron chi connectivity index (χ1n) is 20.1. The predicted molar refractivity (Wildman–Crippen MR) is 274 cm³/mol. The number of carbonyl (C=O) groups excluding carboxylic acids is 2. The van der Waals surface area contributed by atoms with Gasteiger partial charge in [0.1, 0.15) is 0 Å². The molecule has 1 N–H and O–H groups in total. The molecule has 0 spiro atoms. The average molecular weight is 1130 g/mol. The maximum absolute atomic E-state index is 11.9. The van der Waals surface area contributed by atoms with Crippen LogP contribution < -0.4 is 14.9 Å². The molecule has 0 aliphatic carbocycles. The number of hydrogen-bond donors (Lipinski definition) is 1. The van der Waals surface area contributed by atoms with Crippen LogP contribution in [0.1, 0.15) is 0 Å². The highest BCUT2D eigenvalue weighted by Gasteiger charge is 2.20. The normalized spacial score (nSPS) is 11.1. The summed E-state index contributed by atoms with van der Waals surface area (Å²) in [5, 5.41) is 18.1. The molecule has 4 heterocycles. The summed E-state index contributed by atoms with van der Waals surface area (Å²) in [6.07, 6.45) is 2.30. The van der Waals surface area contributed by atoms with Crippen molar-refractivity contribution in [2.24, 2.45) is 0 Å². The second kappa shape index (κ2) is 24.3. The number of carbonyl (C=O) groups is 2. The molecule has 1 radical (unpaired) electrons. The Morgan fingerprint density at radius 3 is 1.57 bits per heavy atom. The summed E-state index contributed by atoms with van der Waals surface area (Å²) in [7, 11) is -2.88. The summed E-state index contributed by atoms with van der Waals surface area (Å²) in [6.45, 7) is -0.479. The number of esters is 2. The summed E-state index contributed by atoms with van der Waals surface area (Å²) in [5.74, 6) is -0.431. The maximum atomic E-state index is 11.9. The minimum absolute atomic E-state index is 0.193. The summed E-state index contributed by atoms with van der Waals surface area (Å²) in [4.78, 5) is 29.7. The fourth-order valence-electron chi connectivity index (χ4n) is 6.05. The molecule has 16 nitrogen and oxygen atoms in total. The van der Waals surface area contributed by atoms with Gasteiger partial charge in [0, 0.05) is 29.5 Å². The third-order valence-electron chi connectivity index (χ3n) is 9.37. The Labute approximate surface area is 430 Å². The zero-order chi connectivity index (χ0) is 50.6. The van der Waals surface area contributed by atoms with E-state index in [1.54, 1.807) is 75.3 Å². The Hall–Kier alpha value is -5.82. The van der Waals surface area contributed by atoms with Gasteiger partial charge in [0.2, 0.25) is 11.8 Å². The smallest absolute Gasteiger partial charge is 0.381 e. The molecule has 0 saturated heterocycles. The first kappa shape index (κ1) is 53.5. The highest BCUT2D eigenvalue weighted by Crippen LogP contribution is 2.39. The van der Waals surface area contributed by atoms with Crippen LogP contribution >= 0.6 is 61.8 Å². The first-order chi connectivity index (χ1) is 33.4. The van der Waals surface area contributed by atoms with Crippen molar-refractivity contribution >= 4 is 106 Å². The van der Waals surface area contributed by atoms with E-state index in [1.807, 2.05) is 66.7 Å². The summed E-state index contributed by atoms with van der Waals surface area (Å²) >= 11 is 19.2. The minimum Gasteiger partial charge on any atom is -0.466 e. The minimum atomic E-state index is -3.32. The number of sulfone groups is 2. The number of nitrogens with zero attached hydrogens (tertiary/aromatic N) is 4. The van der Waals surface area contributed by atoms with Crippen LogP contribution in [0.4, 0.5) is 0 Å². The van der Waals surface area contributed by atoms with Crippen molar-refractivity contribution in [2.45, 2.75) is 9.79 Å². The zero-order valence-corrected chi connectivity index (χ0v) is 43.6. The molecule has 0 aliphatic heterocycles. The fourth-order valence-corrected chi connectivity index (χ4v) is 10.2. The average Bonchev–Trinajstić information content (AvgIpc) is 4.18. The van der Waals surface area contributed by atoms with E-state index in [9.17, 15) is 26.4 Å². The van der Waals surface area contributed by atoms with E-state index < -0.39 is 31.6 Å². The number of para-hydroxylation sites is 2. The number of thiophene rings is 2. The third-order valence-corrected chi connectivity index (χ3v) is 15.0. The molecule has 70 heavy (non-hydrogen) atoms. The van der Waals surface area contributed by atoms with Gasteiger partial charge in [-0.3, -0.25) is 5.26 Å². The van der Waals surface area contributed by atoms with E-state index in [0.29, 0.717) is 32.8 Å². The second-order valence-electron chi connectivity index (χ2n) is 14.3. The van der Waals surface area contributed by atoms with E-state index in [4.69, 9.17) is 37.9 Å². The molecule has 0 saturated carbocycles. The summed E-state index contributed by atoms with van der Waals surface area (Å²) in [5.41, 5.74) is 4.19. The van der Waals surface area contributed by atoms with Gasteiger partial charge in [-0.15, -0.1) is 32.9 Å². The molecule has 0 bridgehead atoms. The summed E-state index contributed by atoms with van der Waals surface area (Å²) < 4.78 is 70.5. The Morgan fingerprint density at radius 1 is 0.629 bits per heavy atom. The van der Waals surface area contributed by atoms with Gasteiger partial charge in [-0.25, -0.2) is 35.8 Å².